The zero-order valence-electron chi connectivity index (χ0n) is 19.6. The van der Waals surface area contributed by atoms with E-state index in [4.69, 9.17) is 14.2 Å². The minimum atomic E-state index is -0.449. The van der Waals surface area contributed by atoms with E-state index in [1.807, 2.05) is 30.3 Å². The molecule has 1 aromatic heterocycles. The lowest BCUT2D eigenvalue weighted by Gasteiger charge is -2.20. The molecule has 184 valence electrons. The Morgan fingerprint density at radius 3 is 2.67 bits per heavy atom. The van der Waals surface area contributed by atoms with E-state index in [1.54, 1.807) is 31.4 Å². The zero-order valence-corrected chi connectivity index (χ0v) is 19.6. The number of amides is 1. The van der Waals surface area contributed by atoms with Crippen LogP contribution in [0.15, 0.2) is 71.8 Å². The van der Waals surface area contributed by atoms with Crippen LogP contribution < -0.4 is 25.1 Å². The number of nitrogens with zero attached hydrogens (tertiary/aromatic N) is 2. The standard InChI is InChI=1S/C27H25N3O6/c1-34-18-8-6-17(7-9-18)20(21-12-24-25(14-23(21)31)36-16-35-24)13-26(32)28-10-11-30-15-29-22-5-3-2-4-19(22)27(30)33/h2-9,12,14-15,20,31H,10-11,13,16H2,1H3,(H,28,32). The highest BCUT2D eigenvalue weighted by Crippen LogP contribution is 2.43. The second kappa shape index (κ2) is 9.99. The molecule has 1 atom stereocenters. The molecule has 0 saturated carbocycles. The smallest absolute Gasteiger partial charge is 0.261 e. The normalized spacial score (nSPS) is 12.9. The Morgan fingerprint density at radius 2 is 1.89 bits per heavy atom. The molecule has 0 aliphatic carbocycles. The van der Waals surface area contributed by atoms with Gasteiger partial charge in [0.05, 0.1) is 24.3 Å². The van der Waals surface area contributed by atoms with E-state index >= 15 is 0 Å². The van der Waals surface area contributed by atoms with Gasteiger partial charge in [-0.3, -0.25) is 14.2 Å². The maximum Gasteiger partial charge on any atom is 0.261 e. The summed E-state index contributed by atoms with van der Waals surface area (Å²) in [5.74, 6) is 1.01. The number of benzene rings is 3. The minimum absolute atomic E-state index is 0.0154. The van der Waals surface area contributed by atoms with E-state index in [1.165, 1.54) is 17.0 Å². The molecule has 0 radical (unpaired) electrons. The molecule has 2 N–H and O–H groups in total. The van der Waals surface area contributed by atoms with Crippen LogP contribution in [0.5, 0.6) is 23.0 Å². The zero-order chi connectivity index (χ0) is 25.1. The number of carbonyl (C=O) groups excluding carboxylic acids is 1. The van der Waals surface area contributed by atoms with Gasteiger partial charge in [0.2, 0.25) is 12.7 Å². The summed E-state index contributed by atoms with van der Waals surface area (Å²) in [7, 11) is 1.58. The number of nitrogens with one attached hydrogen (secondary N) is 1. The molecule has 0 bridgehead atoms. The first-order valence-electron chi connectivity index (χ1n) is 11.5. The van der Waals surface area contributed by atoms with E-state index < -0.39 is 5.92 Å². The quantitative estimate of drug-likeness (QED) is 0.393. The van der Waals surface area contributed by atoms with E-state index in [0.717, 1.165) is 5.56 Å². The van der Waals surface area contributed by atoms with E-state index in [-0.39, 0.29) is 43.5 Å². The Hall–Kier alpha value is -4.53. The molecule has 9 nitrogen and oxygen atoms in total. The first-order chi connectivity index (χ1) is 17.5. The lowest BCUT2D eigenvalue weighted by atomic mass is 9.87. The number of aromatic nitrogens is 2. The number of hydrogen-bond donors (Lipinski definition) is 2. The largest absolute Gasteiger partial charge is 0.508 e. The second-order valence-electron chi connectivity index (χ2n) is 8.40. The third-order valence-electron chi connectivity index (χ3n) is 6.21. The van der Waals surface area contributed by atoms with E-state index in [0.29, 0.717) is 33.7 Å². The lowest BCUT2D eigenvalue weighted by molar-refractivity contribution is -0.121. The molecule has 3 aromatic carbocycles. The first kappa shape index (κ1) is 23.2. The molecule has 9 heteroatoms. The SMILES string of the molecule is COc1ccc(C(CC(=O)NCCn2cnc3ccccc3c2=O)c2cc3c(cc2O)OCO3)cc1. The number of aromatic hydroxyl groups is 1. The molecule has 1 aliphatic heterocycles. The third kappa shape index (κ3) is 4.68. The topological polar surface area (TPSA) is 112 Å². The highest BCUT2D eigenvalue weighted by Gasteiger charge is 2.25. The van der Waals surface area contributed by atoms with Crippen LogP contribution >= 0.6 is 0 Å². The van der Waals surface area contributed by atoms with Crippen LogP contribution in [-0.4, -0.2) is 41.0 Å². The minimum Gasteiger partial charge on any atom is -0.508 e. The third-order valence-corrected chi connectivity index (χ3v) is 6.21. The molecule has 1 amide bonds. The molecular formula is C27H25N3O6. The second-order valence-corrected chi connectivity index (χ2v) is 8.40. The van der Waals surface area contributed by atoms with Gasteiger partial charge in [-0.1, -0.05) is 24.3 Å². The van der Waals surface area contributed by atoms with Crippen molar-refractivity contribution in [1.82, 2.24) is 14.9 Å². The Kier molecular flexibility index (Phi) is 6.44. The molecule has 0 saturated heterocycles. The van der Waals surface area contributed by atoms with Crippen LogP contribution in [-0.2, 0) is 11.3 Å². The molecular weight excluding hydrogens is 462 g/mol. The molecule has 1 aliphatic rings. The van der Waals surface area contributed by atoms with Crippen LogP contribution in [0, 0.1) is 0 Å². The van der Waals surface area contributed by atoms with Gasteiger partial charge in [-0.05, 0) is 35.9 Å². The monoisotopic (exact) mass is 487 g/mol. The van der Waals surface area contributed by atoms with Crippen LogP contribution in [0.25, 0.3) is 10.9 Å². The van der Waals surface area contributed by atoms with Crippen molar-refractivity contribution in [3.63, 3.8) is 0 Å². The summed E-state index contributed by atoms with van der Waals surface area (Å²) in [6.07, 6.45) is 1.56. The number of ether oxygens (including phenoxy) is 3. The molecule has 5 rings (SSSR count). The van der Waals surface area contributed by atoms with Gasteiger partial charge < -0.3 is 24.6 Å². The van der Waals surface area contributed by atoms with Crippen molar-refractivity contribution in [2.75, 3.05) is 20.4 Å². The Bertz CT molecular complexity index is 1470. The molecule has 1 unspecified atom stereocenters. The summed E-state index contributed by atoms with van der Waals surface area (Å²) in [5.41, 5.74) is 1.86. The van der Waals surface area contributed by atoms with Gasteiger partial charge in [-0.25, -0.2) is 4.98 Å². The van der Waals surface area contributed by atoms with Gasteiger partial charge in [0, 0.05) is 37.1 Å². The number of methoxy groups -OCH3 is 1. The maximum absolute atomic E-state index is 13.0. The van der Waals surface area contributed by atoms with E-state index in [9.17, 15) is 14.7 Å². The molecule has 36 heavy (non-hydrogen) atoms. The van der Waals surface area contributed by atoms with Crippen molar-refractivity contribution >= 4 is 16.8 Å². The van der Waals surface area contributed by atoms with E-state index in [2.05, 4.69) is 10.3 Å². The Balaban J connectivity index is 1.33. The maximum atomic E-state index is 13.0. The summed E-state index contributed by atoms with van der Waals surface area (Å²) in [6, 6.07) is 17.7. The predicted molar refractivity (Wildman–Crippen MR) is 133 cm³/mol. The van der Waals surface area contributed by atoms with Crippen molar-refractivity contribution in [3.05, 3.63) is 88.5 Å². The summed E-state index contributed by atoms with van der Waals surface area (Å²) in [4.78, 5) is 30.0. The molecule has 0 spiro atoms. The average molecular weight is 488 g/mol. The number of phenolic OH excluding ortho intramolecular Hbond substituents is 1. The molecule has 2 heterocycles. The summed E-state index contributed by atoms with van der Waals surface area (Å²) in [6.45, 7) is 0.612. The highest BCUT2D eigenvalue weighted by molar-refractivity contribution is 5.78. The van der Waals surface area contributed by atoms with Crippen molar-refractivity contribution in [1.29, 1.82) is 0 Å². The van der Waals surface area contributed by atoms with Crippen molar-refractivity contribution in [2.45, 2.75) is 18.9 Å². The van der Waals surface area contributed by atoms with Crippen molar-refractivity contribution in [2.24, 2.45) is 0 Å². The number of carbonyl (C=O) groups is 1. The van der Waals surface area contributed by atoms with Crippen LogP contribution in [0.3, 0.4) is 0 Å². The Morgan fingerprint density at radius 1 is 1.14 bits per heavy atom. The van der Waals surface area contributed by atoms with Crippen LogP contribution in [0.4, 0.5) is 0 Å². The highest BCUT2D eigenvalue weighted by atomic mass is 16.7. The molecule has 0 fully saturated rings. The van der Waals surface area contributed by atoms with Gasteiger partial charge >= 0.3 is 0 Å². The van der Waals surface area contributed by atoms with Crippen LogP contribution in [0.1, 0.15) is 23.5 Å². The average Bonchev–Trinajstić information content (AvgIpc) is 3.36. The van der Waals surface area contributed by atoms with Gasteiger partial charge in [-0.15, -0.1) is 0 Å². The van der Waals surface area contributed by atoms with Crippen molar-refractivity contribution < 1.29 is 24.1 Å². The summed E-state index contributed by atoms with van der Waals surface area (Å²) in [5, 5.41) is 14.1. The predicted octanol–water partition coefficient (Wildman–Crippen LogP) is 3.18. The fourth-order valence-corrected chi connectivity index (χ4v) is 4.31. The fourth-order valence-electron chi connectivity index (χ4n) is 4.31. The fraction of sp³-hybridized carbons (Fsp3) is 0.222. The number of para-hydroxylation sites is 1. The summed E-state index contributed by atoms with van der Waals surface area (Å²) >= 11 is 0. The van der Waals surface area contributed by atoms with Gasteiger partial charge in [0.25, 0.3) is 5.56 Å². The molecule has 4 aromatic rings. The van der Waals surface area contributed by atoms with Gasteiger partial charge in [-0.2, -0.15) is 0 Å². The number of phenols is 1. The number of hydrogen-bond acceptors (Lipinski definition) is 7. The van der Waals surface area contributed by atoms with Crippen molar-refractivity contribution in [3.8, 4) is 23.0 Å². The van der Waals surface area contributed by atoms with Gasteiger partial charge in [0.15, 0.2) is 11.5 Å². The summed E-state index contributed by atoms with van der Waals surface area (Å²) < 4.78 is 17.6. The van der Waals surface area contributed by atoms with Gasteiger partial charge in [0.1, 0.15) is 11.5 Å². The lowest BCUT2D eigenvalue weighted by Crippen LogP contribution is -2.31. The Labute approximate surface area is 206 Å². The number of fused-ring (bicyclic) bond motifs is 2. The van der Waals surface area contributed by atoms with Crippen LogP contribution in [0.2, 0.25) is 0 Å². The first-order valence-corrected chi connectivity index (χ1v) is 11.5. The number of rotatable bonds is 8.